The number of rotatable bonds is 6. The quantitative estimate of drug-likeness (QED) is 0.636. The molecule has 1 amide bonds. The van der Waals surface area contributed by atoms with Crippen molar-refractivity contribution in [3.05, 3.63) is 83.6 Å². The summed E-state index contributed by atoms with van der Waals surface area (Å²) in [4.78, 5) is 19.2. The number of nitrogens with zero attached hydrogens (tertiary/aromatic N) is 2. The lowest BCUT2D eigenvalue weighted by molar-refractivity contribution is 0.102. The molecule has 1 aliphatic heterocycles. The number of aryl methyl sites for hydroxylation is 1. The molecule has 3 aromatic rings. The third-order valence-corrected chi connectivity index (χ3v) is 5.18. The van der Waals surface area contributed by atoms with Gasteiger partial charge in [-0.15, -0.1) is 0 Å². The van der Waals surface area contributed by atoms with Crippen LogP contribution in [0.5, 0.6) is 0 Å². The van der Waals surface area contributed by atoms with Crippen LogP contribution in [-0.4, -0.2) is 24.0 Å². The van der Waals surface area contributed by atoms with Gasteiger partial charge in [0.2, 0.25) is 0 Å². The highest BCUT2D eigenvalue weighted by Gasteiger charge is 2.12. The van der Waals surface area contributed by atoms with Crippen LogP contribution in [0.3, 0.4) is 0 Å². The molecule has 2 heterocycles. The van der Waals surface area contributed by atoms with Gasteiger partial charge in [-0.25, -0.2) is 4.98 Å². The number of carbonyl (C=O) groups excluding carboxylic acids is 1. The number of hydrogen-bond acceptors (Lipinski definition) is 4. The summed E-state index contributed by atoms with van der Waals surface area (Å²) >= 11 is 0. The molecular formula is C24H26N4O. The number of amides is 1. The first-order valence-electron chi connectivity index (χ1n) is 10.1. The van der Waals surface area contributed by atoms with E-state index < -0.39 is 0 Å². The summed E-state index contributed by atoms with van der Waals surface area (Å²) in [5.74, 6) is 0.592. The van der Waals surface area contributed by atoms with E-state index in [2.05, 4.69) is 57.8 Å². The minimum Gasteiger partial charge on any atom is -0.372 e. The summed E-state index contributed by atoms with van der Waals surface area (Å²) in [5, 5.41) is 6.23. The lowest BCUT2D eigenvalue weighted by Crippen LogP contribution is -2.17. The lowest BCUT2D eigenvalue weighted by atomic mass is 10.1. The number of benzene rings is 2. The first-order chi connectivity index (χ1) is 14.2. The van der Waals surface area contributed by atoms with Crippen molar-refractivity contribution in [3.8, 4) is 0 Å². The van der Waals surface area contributed by atoms with Crippen LogP contribution in [0.4, 0.5) is 17.2 Å². The fourth-order valence-corrected chi connectivity index (χ4v) is 3.58. The molecule has 0 atom stereocenters. The van der Waals surface area contributed by atoms with Crippen molar-refractivity contribution in [2.24, 2.45) is 0 Å². The van der Waals surface area contributed by atoms with E-state index in [0.29, 0.717) is 12.1 Å². The Hall–Kier alpha value is -3.34. The number of nitrogens with one attached hydrogen (secondary N) is 2. The average molecular weight is 386 g/mol. The van der Waals surface area contributed by atoms with Gasteiger partial charge >= 0.3 is 0 Å². The summed E-state index contributed by atoms with van der Waals surface area (Å²) in [7, 11) is 0. The topological polar surface area (TPSA) is 57.3 Å². The normalized spacial score (nSPS) is 13.3. The average Bonchev–Trinajstić information content (AvgIpc) is 3.28. The predicted molar refractivity (Wildman–Crippen MR) is 119 cm³/mol. The van der Waals surface area contributed by atoms with Crippen LogP contribution in [0, 0.1) is 6.92 Å². The lowest BCUT2D eigenvalue weighted by Gasteiger charge is -2.17. The van der Waals surface area contributed by atoms with Gasteiger partial charge in [0, 0.05) is 37.2 Å². The highest BCUT2D eigenvalue weighted by Crippen LogP contribution is 2.22. The van der Waals surface area contributed by atoms with E-state index in [1.54, 1.807) is 12.3 Å². The smallest absolute Gasteiger partial charge is 0.257 e. The van der Waals surface area contributed by atoms with E-state index in [4.69, 9.17) is 0 Å². The fourth-order valence-electron chi connectivity index (χ4n) is 3.58. The van der Waals surface area contributed by atoms with E-state index in [0.717, 1.165) is 24.6 Å². The van der Waals surface area contributed by atoms with Gasteiger partial charge in [-0.2, -0.15) is 0 Å². The number of aromatic nitrogens is 1. The second-order valence-electron chi connectivity index (χ2n) is 7.47. The molecule has 1 fully saturated rings. The van der Waals surface area contributed by atoms with Crippen molar-refractivity contribution in [2.45, 2.75) is 26.3 Å². The number of hydrogen-bond donors (Lipinski definition) is 2. The molecule has 5 nitrogen and oxygen atoms in total. The van der Waals surface area contributed by atoms with Crippen molar-refractivity contribution < 1.29 is 4.79 Å². The zero-order valence-corrected chi connectivity index (χ0v) is 16.7. The van der Waals surface area contributed by atoms with E-state index in [9.17, 15) is 4.79 Å². The standard InChI is InChI=1S/C24H26N4O/c1-18-5-4-6-19(15-18)16-25-23-12-7-20(17-26-23)24(29)27-21-8-10-22(11-9-21)28-13-2-3-14-28/h4-12,15,17H,2-3,13-14,16H2,1H3,(H,25,26)(H,27,29). The van der Waals surface area contributed by atoms with Gasteiger partial charge in [-0.1, -0.05) is 29.8 Å². The summed E-state index contributed by atoms with van der Waals surface area (Å²) < 4.78 is 0. The molecule has 1 aliphatic rings. The SMILES string of the molecule is Cc1cccc(CNc2ccc(C(=O)Nc3ccc(N4CCCC4)cc3)cn2)c1. The molecule has 0 radical (unpaired) electrons. The Morgan fingerprint density at radius 1 is 1.03 bits per heavy atom. The molecule has 148 valence electrons. The van der Waals surface area contributed by atoms with Gasteiger partial charge < -0.3 is 15.5 Å². The molecular weight excluding hydrogens is 360 g/mol. The molecule has 0 unspecified atom stereocenters. The van der Waals surface area contributed by atoms with Crippen LogP contribution in [-0.2, 0) is 6.54 Å². The fraction of sp³-hybridized carbons (Fsp3) is 0.250. The Balaban J connectivity index is 1.33. The van der Waals surface area contributed by atoms with Crippen molar-refractivity contribution in [2.75, 3.05) is 28.6 Å². The molecule has 0 bridgehead atoms. The predicted octanol–water partition coefficient (Wildman–Crippen LogP) is 4.85. The third kappa shape index (κ3) is 4.93. The molecule has 0 aliphatic carbocycles. The Bertz CT molecular complexity index is 961. The third-order valence-electron chi connectivity index (χ3n) is 5.18. The molecule has 2 N–H and O–H groups in total. The molecule has 29 heavy (non-hydrogen) atoms. The van der Waals surface area contributed by atoms with Crippen molar-refractivity contribution >= 4 is 23.1 Å². The summed E-state index contributed by atoms with van der Waals surface area (Å²) in [5.41, 5.74) is 4.98. The second kappa shape index (κ2) is 8.78. The van der Waals surface area contributed by atoms with Gasteiger partial charge in [0.05, 0.1) is 5.56 Å². The number of pyridine rings is 1. The largest absolute Gasteiger partial charge is 0.372 e. The summed E-state index contributed by atoms with van der Waals surface area (Å²) in [6.45, 7) is 5.00. The van der Waals surface area contributed by atoms with Crippen LogP contribution < -0.4 is 15.5 Å². The van der Waals surface area contributed by atoms with Crippen molar-refractivity contribution in [3.63, 3.8) is 0 Å². The van der Waals surface area contributed by atoms with Gasteiger partial charge in [0.1, 0.15) is 5.82 Å². The molecule has 1 saturated heterocycles. The molecule has 2 aromatic carbocycles. The van der Waals surface area contributed by atoms with Crippen LogP contribution in [0.1, 0.15) is 34.3 Å². The molecule has 1 aromatic heterocycles. The summed E-state index contributed by atoms with van der Waals surface area (Å²) in [6, 6.07) is 20.0. The first-order valence-corrected chi connectivity index (χ1v) is 10.1. The van der Waals surface area contributed by atoms with Gasteiger partial charge in [-0.05, 0) is 61.7 Å². The van der Waals surface area contributed by atoms with Gasteiger partial charge in [-0.3, -0.25) is 4.79 Å². The van der Waals surface area contributed by atoms with E-state index in [-0.39, 0.29) is 5.91 Å². The maximum atomic E-state index is 12.5. The van der Waals surface area contributed by atoms with Gasteiger partial charge in [0.15, 0.2) is 0 Å². The number of carbonyl (C=O) groups is 1. The van der Waals surface area contributed by atoms with Crippen LogP contribution >= 0.6 is 0 Å². The molecule has 0 saturated carbocycles. The minimum absolute atomic E-state index is 0.156. The Morgan fingerprint density at radius 3 is 2.52 bits per heavy atom. The Labute approximate surface area is 171 Å². The highest BCUT2D eigenvalue weighted by molar-refractivity contribution is 6.04. The first kappa shape index (κ1) is 19.0. The van der Waals surface area contributed by atoms with E-state index >= 15 is 0 Å². The van der Waals surface area contributed by atoms with Crippen molar-refractivity contribution in [1.29, 1.82) is 0 Å². The van der Waals surface area contributed by atoms with E-state index in [1.807, 2.05) is 24.3 Å². The monoisotopic (exact) mass is 386 g/mol. The van der Waals surface area contributed by atoms with Gasteiger partial charge in [0.25, 0.3) is 5.91 Å². The molecule has 0 spiro atoms. The van der Waals surface area contributed by atoms with E-state index in [1.165, 1.54) is 29.7 Å². The maximum absolute atomic E-state index is 12.5. The number of anilines is 3. The van der Waals surface area contributed by atoms with Crippen LogP contribution in [0.25, 0.3) is 0 Å². The Kier molecular flexibility index (Phi) is 5.75. The summed E-state index contributed by atoms with van der Waals surface area (Å²) in [6.07, 6.45) is 4.11. The molecule has 5 heteroatoms. The second-order valence-corrected chi connectivity index (χ2v) is 7.47. The zero-order valence-electron chi connectivity index (χ0n) is 16.7. The zero-order chi connectivity index (χ0) is 20.1. The highest BCUT2D eigenvalue weighted by atomic mass is 16.1. The van der Waals surface area contributed by atoms with Crippen LogP contribution in [0.2, 0.25) is 0 Å². The van der Waals surface area contributed by atoms with Crippen molar-refractivity contribution in [1.82, 2.24) is 4.98 Å². The maximum Gasteiger partial charge on any atom is 0.257 e. The minimum atomic E-state index is -0.156. The Morgan fingerprint density at radius 2 is 1.83 bits per heavy atom. The van der Waals surface area contributed by atoms with Crippen LogP contribution in [0.15, 0.2) is 66.9 Å². The molecule has 4 rings (SSSR count).